The zero-order valence-corrected chi connectivity index (χ0v) is 10.7. The Morgan fingerprint density at radius 2 is 2.17 bits per heavy atom. The molecule has 1 unspecified atom stereocenters. The van der Waals surface area contributed by atoms with E-state index in [9.17, 15) is 4.79 Å². The van der Waals surface area contributed by atoms with E-state index in [1.165, 1.54) is 0 Å². The van der Waals surface area contributed by atoms with Gasteiger partial charge in [-0.15, -0.1) is 0 Å². The van der Waals surface area contributed by atoms with Gasteiger partial charge in [0, 0.05) is 18.2 Å². The van der Waals surface area contributed by atoms with Crippen LogP contribution in [0.3, 0.4) is 0 Å². The number of ether oxygens (including phenoxy) is 1. The zero-order chi connectivity index (χ0) is 13.4. The molecule has 4 heteroatoms. The molecule has 0 saturated carbocycles. The Labute approximate surface area is 108 Å². The summed E-state index contributed by atoms with van der Waals surface area (Å²) in [6, 6.07) is 7.10. The van der Waals surface area contributed by atoms with E-state index in [-0.39, 0.29) is 11.9 Å². The molecule has 0 aromatic heterocycles. The second-order valence-corrected chi connectivity index (χ2v) is 4.15. The van der Waals surface area contributed by atoms with E-state index in [0.29, 0.717) is 18.7 Å². The van der Waals surface area contributed by atoms with Crippen LogP contribution in [0.15, 0.2) is 36.9 Å². The van der Waals surface area contributed by atoms with Crippen LogP contribution in [-0.4, -0.2) is 25.1 Å². The van der Waals surface area contributed by atoms with Crippen molar-refractivity contribution in [2.45, 2.75) is 19.4 Å². The summed E-state index contributed by atoms with van der Waals surface area (Å²) in [5.41, 5.74) is 6.22. The van der Waals surface area contributed by atoms with Gasteiger partial charge in [-0.05, 0) is 37.6 Å². The van der Waals surface area contributed by atoms with Crippen molar-refractivity contribution < 1.29 is 9.53 Å². The van der Waals surface area contributed by atoms with Crippen LogP contribution in [0.5, 0.6) is 5.75 Å². The standard InChI is InChI=1S/C14H20N2O2/c1-3-10-18-13-6-4-12(5-7-13)14(17)16-9-8-11(2)15/h3-7,11H,1,8-10,15H2,2H3,(H,16,17). The molecular weight excluding hydrogens is 228 g/mol. The number of carbonyl (C=O) groups excluding carboxylic acids is 1. The fourth-order valence-electron chi connectivity index (χ4n) is 1.37. The Hall–Kier alpha value is -1.81. The van der Waals surface area contributed by atoms with Gasteiger partial charge in [0.2, 0.25) is 0 Å². The van der Waals surface area contributed by atoms with E-state index < -0.39 is 0 Å². The maximum atomic E-state index is 11.7. The van der Waals surface area contributed by atoms with Gasteiger partial charge >= 0.3 is 0 Å². The number of hydrogen-bond donors (Lipinski definition) is 2. The minimum absolute atomic E-state index is 0.0917. The lowest BCUT2D eigenvalue weighted by Gasteiger charge is -2.08. The SMILES string of the molecule is C=CCOc1ccc(C(=O)NCCC(C)N)cc1. The summed E-state index contributed by atoms with van der Waals surface area (Å²) in [5.74, 6) is 0.632. The molecule has 18 heavy (non-hydrogen) atoms. The van der Waals surface area contributed by atoms with Crippen molar-refractivity contribution >= 4 is 5.91 Å². The first kappa shape index (κ1) is 14.3. The average Bonchev–Trinajstić information content (AvgIpc) is 2.36. The van der Waals surface area contributed by atoms with Gasteiger partial charge in [0.15, 0.2) is 0 Å². The van der Waals surface area contributed by atoms with Crippen LogP contribution in [0.4, 0.5) is 0 Å². The Bertz CT molecular complexity index is 385. The minimum atomic E-state index is -0.0917. The second-order valence-electron chi connectivity index (χ2n) is 4.15. The topological polar surface area (TPSA) is 64.3 Å². The third-order valence-corrected chi connectivity index (χ3v) is 2.37. The second kappa shape index (κ2) is 7.50. The zero-order valence-electron chi connectivity index (χ0n) is 10.7. The minimum Gasteiger partial charge on any atom is -0.490 e. The number of rotatable bonds is 7. The first-order valence-corrected chi connectivity index (χ1v) is 6.01. The fourth-order valence-corrected chi connectivity index (χ4v) is 1.37. The molecule has 0 aliphatic heterocycles. The van der Waals surface area contributed by atoms with Crippen molar-refractivity contribution in [2.24, 2.45) is 5.73 Å². The smallest absolute Gasteiger partial charge is 0.251 e. The quantitative estimate of drug-likeness (QED) is 0.722. The molecule has 0 saturated heterocycles. The van der Waals surface area contributed by atoms with Crippen LogP contribution in [0.1, 0.15) is 23.7 Å². The molecule has 1 atom stereocenters. The Morgan fingerprint density at radius 3 is 2.72 bits per heavy atom. The van der Waals surface area contributed by atoms with E-state index in [4.69, 9.17) is 10.5 Å². The van der Waals surface area contributed by atoms with Crippen molar-refractivity contribution in [3.8, 4) is 5.75 Å². The highest BCUT2D eigenvalue weighted by atomic mass is 16.5. The summed E-state index contributed by atoms with van der Waals surface area (Å²) in [6.45, 7) is 6.53. The molecule has 0 bridgehead atoms. The molecule has 4 nitrogen and oxygen atoms in total. The Morgan fingerprint density at radius 1 is 1.50 bits per heavy atom. The van der Waals surface area contributed by atoms with Gasteiger partial charge in [0.05, 0.1) is 0 Å². The van der Waals surface area contributed by atoms with Gasteiger partial charge in [-0.2, -0.15) is 0 Å². The number of amides is 1. The average molecular weight is 248 g/mol. The largest absolute Gasteiger partial charge is 0.490 e. The highest BCUT2D eigenvalue weighted by molar-refractivity contribution is 5.94. The van der Waals surface area contributed by atoms with Crippen molar-refractivity contribution in [2.75, 3.05) is 13.2 Å². The molecule has 1 aromatic rings. The number of hydrogen-bond acceptors (Lipinski definition) is 3. The molecule has 1 aromatic carbocycles. The highest BCUT2D eigenvalue weighted by Crippen LogP contribution is 2.12. The third kappa shape index (κ3) is 5.01. The maximum absolute atomic E-state index is 11.7. The lowest BCUT2D eigenvalue weighted by Crippen LogP contribution is -2.28. The predicted molar refractivity (Wildman–Crippen MR) is 72.7 cm³/mol. The van der Waals surface area contributed by atoms with Crippen molar-refractivity contribution in [1.82, 2.24) is 5.32 Å². The summed E-state index contributed by atoms with van der Waals surface area (Å²) in [7, 11) is 0. The van der Waals surface area contributed by atoms with Crippen molar-refractivity contribution in [3.05, 3.63) is 42.5 Å². The molecule has 3 N–H and O–H groups in total. The number of nitrogens with two attached hydrogens (primary N) is 1. The van der Waals surface area contributed by atoms with Crippen LogP contribution < -0.4 is 15.8 Å². The normalized spacial score (nSPS) is 11.7. The number of nitrogens with one attached hydrogen (secondary N) is 1. The third-order valence-electron chi connectivity index (χ3n) is 2.37. The van der Waals surface area contributed by atoms with Gasteiger partial charge in [0.25, 0.3) is 5.91 Å². The summed E-state index contributed by atoms with van der Waals surface area (Å²) in [6.07, 6.45) is 2.45. The molecular formula is C14H20N2O2. The van der Waals surface area contributed by atoms with Crippen LogP contribution >= 0.6 is 0 Å². The van der Waals surface area contributed by atoms with Crippen LogP contribution in [0.25, 0.3) is 0 Å². The lowest BCUT2D eigenvalue weighted by molar-refractivity contribution is 0.0953. The van der Waals surface area contributed by atoms with Crippen LogP contribution in [0.2, 0.25) is 0 Å². The number of carbonyl (C=O) groups is 1. The molecule has 1 rings (SSSR count). The number of benzene rings is 1. The van der Waals surface area contributed by atoms with Gasteiger partial charge < -0.3 is 15.8 Å². The summed E-state index contributed by atoms with van der Waals surface area (Å²) in [4.78, 5) is 11.7. The molecule has 98 valence electrons. The van der Waals surface area contributed by atoms with Gasteiger partial charge in [-0.25, -0.2) is 0 Å². The van der Waals surface area contributed by atoms with E-state index in [1.807, 2.05) is 6.92 Å². The molecule has 0 aliphatic rings. The van der Waals surface area contributed by atoms with Gasteiger partial charge in [-0.1, -0.05) is 12.7 Å². The Balaban J connectivity index is 2.45. The fraction of sp³-hybridized carbons (Fsp3) is 0.357. The van der Waals surface area contributed by atoms with Crippen molar-refractivity contribution in [1.29, 1.82) is 0 Å². The monoisotopic (exact) mass is 248 g/mol. The lowest BCUT2D eigenvalue weighted by atomic mass is 10.2. The van der Waals surface area contributed by atoms with Crippen LogP contribution in [-0.2, 0) is 0 Å². The van der Waals surface area contributed by atoms with E-state index in [2.05, 4.69) is 11.9 Å². The molecule has 0 spiro atoms. The summed E-state index contributed by atoms with van der Waals surface area (Å²) >= 11 is 0. The van der Waals surface area contributed by atoms with Crippen LogP contribution in [0, 0.1) is 0 Å². The molecule has 0 heterocycles. The summed E-state index contributed by atoms with van der Waals surface area (Å²) in [5, 5.41) is 2.82. The highest BCUT2D eigenvalue weighted by Gasteiger charge is 2.05. The predicted octanol–water partition coefficient (Wildman–Crippen LogP) is 1.72. The molecule has 0 aliphatic carbocycles. The van der Waals surface area contributed by atoms with Gasteiger partial charge in [-0.3, -0.25) is 4.79 Å². The first-order chi connectivity index (χ1) is 8.63. The van der Waals surface area contributed by atoms with Crippen molar-refractivity contribution in [3.63, 3.8) is 0 Å². The molecule has 1 amide bonds. The van der Waals surface area contributed by atoms with E-state index in [1.54, 1.807) is 30.3 Å². The molecule has 0 fully saturated rings. The maximum Gasteiger partial charge on any atom is 0.251 e. The first-order valence-electron chi connectivity index (χ1n) is 6.01. The Kier molecular flexibility index (Phi) is 5.94. The molecule has 0 radical (unpaired) electrons. The van der Waals surface area contributed by atoms with E-state index >= 15 is 0 Å². The summed E-state index contributed by atoms with van der Waals surface area (Å²) < 4.78 is 5.34. The van der Waals surface area contributed by atoms with E-state index in [0.717, 1.165) is 12.2 Å². The van der Waals surface area contributed by atoms with Gasteiger partial charge in [0.1, 0.15) is 12.4 Å².